The van der Waals surface area contributed by atoms with Crippen molar-refractivity contribution in [1.29, 1.82) is 0 Å². The molecule has 2 fully saturated rings. The first-order valence-electron chi connectivity index (χ1n) is 8.45. The van der Waals surface area contributed by atoms with Crippen molar-refractivity contribution in [3.8, 4) is 0 Å². The van der Waals surface area contributed by atoms with E-state index in [-0.39, 0.29) is 11.3 Å². The quantitative estimate of drug-likeness (QED) is 0.725. The van der Waals surface area contributed by atoms with E-state index < -0.39 is 10.0 Å². The molecule has 3 aromatic heterocycles. The second kappa shape index (κ2) is 5.37. The number of aromatic amines is 1. The first kappa shape index (κ1) is 15.0. The third kappa shape index (κ3) is 2.54. The van der Waals surface area contributed by atoms with Gasteiger partial charge in [-0.05, 0) is 25.3 Å². The van der Waals surface area contributed by atoms with Gasteiger partial charge in [-0.3, -0.25) is 0 Å². The van der Waals surface area contributed by atoms with Gasteiger partial charge in [-0.25, -0.2) is 28.1 Å². The van der Waals surface area contributed by atoms with E-state index in [1.165, 1.54) is 0 Å². The van der Waals surface area contributed by atoms with Gasteiger partial charge in [-0.15, -0.1) is 0 Å². The number of rotatable bonds is 4. The smallest absolute Gasteiger partial charge is 0.214 e. The minimum Gasteiger partial charge on any atom is -0.354 e. The Kier molecular flexibility index (Phi) is 3.23. The summed E-state index contributed by atoms with van der Waals surface area (Å²) in [6.45, 7) is 1.39. The van der Waals surface area contributed by atoms with Crippen LogP contribution in [0, 0.1) is 0 Å². The molecule has 2 N–H and O–H groups in total. The van der Waals surface area contributed by atoms with E-state index in [4.69, 9.17) is 0 Å². The maximum atomic E-state index is 12.2. The van der Waals surface area contributed by atoms with Gasteiger partial charge in [0.2, 0.25) is 10.0 Å². The van der Waals surface area contributed by atoms with E-state index in [0.29, 0.717) is 12.2 Å². The number of aromatic nitrogens is 4. The number of pyridine rings is 1. The molecule has 1 unspecified atom stereocenters. The molecule has 4 heterocycles. The molecule has 0 aromatic carbocycles. The summed E-state index contributed by atoms with van der Waals surface area (Å²) in [5, 5.41) is 1.75. The molecule has 130 valence electrons. The molecule has 1 aliphatic carbocycles. The normalized spacial score (nSPS) is 21.4. The van der Waals surface area contributed by atoms with Crippen LogP contribution in [-0.2, 0) is 10.0 Å². The van der Waals surface area contributed by atoms with Gasteiger partial charge in [0.05, 0.1) is 28.7 Å². The molecule has 9 heteroatoms. The molecule has 1 atom stereocenters. The zero-order chi connectivity index (χ0) is 17.0. The number of sulfonamides is 1. The molecule has 0 bridgehead atoms. The van der Waals surface area contributed by atoms with Crippen molar-refractivity contribution in [3.63, 3.8) is 0 Å². The molecule has 0 amide bonds. The van der Waals surface area contributed by atoms with Crippen LogP contribution in [0.1, 0.15) is 19.3 Å². The molecule has 0 radical (unpaired) electrons. The number of hydrogen-bond acceptors (Lipinski definition) is 6. The molecule has 5 rings (SSSR count). The molecule has 2 aliphatic rings. The minimum absolute atomic E-state index is 0.0678. The van der Waals surface area contributed by atoms with E-state index in [0.717, 1.165) is 47.9 Å². The number of nitrogens with one attached hydrogen (secondary N) is 2. The Hall–Kier alpha value is -2.26. The summed E-state index contributed by atoms with van der Waals surface area (Å²) in [5.74, 6) is 0.849. The van der Waals surface area contributed by atoms with E-state index in [9.17, 15) is 8.42 Å². The van der Waals surface area contributed by atoms with E-state index in [2.05, 4.69) is 29.6 Å². The molecule has 25 heavy (non-hydrogen) atoms. The molecule has 1 aliphatic heterocycles. The summed E-state index contributed by atoms with van der Waals surface area (Å²) in [6, 6.07) is 1.87. The van der Waals surface area contributed by atoms with Gasteiger partial charge in [-0.2, -0.15) is 0 Å². The largest absolute Gasteiger partial charge is 0.354 e. The summed E-state index contributed by atoms with van der Waals surface area (Å²) in [4.78, 5) is 18.4. The summed E-state index contributed by atoms with van der Waals surface area (Å²) in [5.41, 5.74) is 1.59. The minimum atomic E-state index is -3.17. The van der Waals surface area contributed by atoms with Crippen LogP contribution in [0.25, 0.3) is 21.9 Å². The monoisotopic (exact) mass is 358 g/mol. The molecule has 8 nitrogen and oxygen atoms in total. The average molecular weight is 358 g/mol. The van der Waals surface area contributed by atoms with Crippen LogP contribution in [0.5, 0.6) is 0 Å². The van der Waals surface area contributed by atoms with Gasteiger partial charge in [0, 0.05) is 30.7 Å². The fourth-order valence-electron chi connectivity index (χ4n) is 3.53. The van der Waals surface area contributed by atoms with Crippen LogP contribution >= 0.6 is 0 Å². The van der Waals surface area contributed by atoms with Crippen molar-refractivity contribution in [1.82, 2.24) is 24.7 Å². The predicted molar refractivity (Wildman–Crippen MR) is 94.9 cm³/mol. The highest BCUT2D eigenvalue weighted by Crippen LogP contribution is 2.32. The third-order valence-electron chi connectivity index (χ3n) is 4.95. The highest BCUT2D eigenvalue weighted by Gasteiger charge is 2.38. The van der Waals surface area contributed by atoms with E-state index in [1.54, 1.807) is 18.7 Å². The second-order valence-corrected chi connectivity index (χ2v) is 8.74. The van der Waals surface area contributed by atoms with Gasteiger partial charge >= 0.3 is 0 Å². The van der Waals surface area contributed by atoms with Crippen LogP contribution < -0.4 is 9.62 Å². The van der Waals surface area contributed by atoms with Crippen LogP contribution in [0.3, 0.4) is 0 Å². The molecule has 1 saturated carbocycles. The predicted octanol–water partition coefficient (Wildman–Crippen LogP) is 1.17. The van der Waals surface area contributed by atoms with E-state index >= 15 is 0 Å². The van der Waals surface area contributed by atoms with Gasteiger partial charge in [0.1, 0.15) is 5.82 Å². The molecular weight excluding hydrogens is 340 g/mol. The first-order valence-corrected chi connectivity index (χ1v) is 9.99. The lowest BCUT2D eigenvalue weighted by Crippen LogP contribution is -2.39. The fourth-order valence-corrected chi connectivity index (χ4v) is 5.14. The van der Waals surface area contributed by atoms with E-state index in [1.807, 2.05) is 6.07 Å². The summed E-state index contributed by atoms with van der Waals surface area (Å²) in [7, 11) is -3.17. The lowest BCUT2D eigenvalue weighted by Gasteiger charge is -2.20. The highest BCUT2D eigenvalue weighted by molar-refractivity contribution is 7.90. The highest BCUT2D eigenvalue weighted by atomic mass is 32.2. The Balaban J connectivity index is 1.48. The second-order valence-electron chi connectivity index (χ2n) is 6.75. The molecule has 3 aromatic rings. The Morgan fingerprint density at radius 1 is 1.20 bits per heavy atom. The zero-order valence-electron chi connectivity index (χ0n) is 13.5. The molecule has 1 saturated heterocycles. The van der Waals surface area contributed by atoms with Crippen LogP contribution in [-0.4, -0.2) is 52.7 Å². The maximum absolute atomic E-state index is 12.2. The maximum Gasteiger partial charge on any atom is 0.214 e. The van der Waals surface area contributed by atoms with Gasteiger partial charge in [0.25, 0.3) is 0 Å². The zero-order valence-corrected chi connectivity index (χ0v) is 14.3. The number of H-pyrrole nitrogens is 1. The van der Waals surface area contributed by atoms with Crippen LogP contribution in [0.15, 0.2) is 24.8 Å². The van der Waals surface area contributed by atoms with Crippen molar-refractivity contribution in [2.24, 2.45) is 0 Å². The van der Waals surface area contributed by atoms with Crippen LogP contribution in [0.2, 0.25) is 0 Å². The van der Waals surface area contributed by atoms with Gasteiger partial charge in [-0.1, -0.05) is 0 Å². The fraction of sp³-hybridized carbons (Fsp3) is 0.438. The summed E-state index contributed by atoms with van der Waals surface area (Å²) < 4.78 is 27.2. The molecule has 0 spiro atoms. The first-order chi connectivity index (χ1) is 12.1. The Bertz CT molecular complexity index is 1060. The lowest BCUT2D eigenvalue weighted by atomic mass is 10.2. The number of fused-ring (bicyclic) bond motifs is 3. The SMILES string of the molecule is O=S(=O)(NC1CCN(c2nc[nH]c3cnc4nccc4c23)C1)C1CC1. The summed E-state index contributed by atoms with van der Waals surface area (Å²) >= 11 is 0. The Morgan fingerprint density at radius 3 is 2.92 bits per heavy atom. The van der Waals surface area contributed by atoms with Crippen molar-refractivity contribution in [2.45, 2.75) is 30.6 Å². The van der Waals surface area contributed by atoms with Crippen LogP contribution in [0.4, 0.5) is 5.82 Å². The van der Waals surface area contributed by atoms with Crippen molar-refractivity contribution in [3.05, 3.63) is 24.8 Å². The number of anilines is 1. The van der Waals surface area contributed by atoms with Gasteiger partial charge < -0.3 is 9.88 Å². The Morgan fingerprint density at radius 2 is 2.08 bits per heavy atom. The van der Waals surface area contributed by atoms with Crippen molar-refractivity contribution >= 4 is 37.8 Å². The average Bonchev–Trinajstić information content (AvgIpc) is 3.20. The topological polar surface area (TPSA) is 104 Å². The van der Waals surface area contributed by atoms with Crippen molar-refractivity contribution in [2.75, 3.05) is 18.0 Å². The summed E-state index contributed by atoms with van der Waals surface area (Å²) in [6.07, 6.45) is 7.50. The lowest BCUT2D eigenvalue weighted by molar-refractivity contribution is 0.560. The number of nitrogens with zero attached hydrogens (tertiary/aromatic N) is 4. The standard InChI is InChI=1S/C16H18N6O2S/c23-25(24,11-1-2-11)21-10-4-6-22(8-10)16-14-12-3-5-17-15(12)18-7-13(14)19-9-20-16/h3,5,7,9-11,21H,1-2,4,6,8H2,(H,19,20). The van der Waals surface area contributed by atoms with Crippen molar-refractivity contribution < 1.29 is 8.42 Å². The Labute approximate surface area is 144 Å². The number of hydrogen-bond donors (Lipinski definition) is 2. The third-order valence-corrected chi connectivity index (χ3v) is 6.96. The molecular formula is C16H18N6O2S. The van der Waals surface area contributed by atoms with Gasteiger partial charge in [0.15, 0.2) is 5.65 Å².